The summed E-state index contributed by atoms with van der Waals surface area (Å²) >= 11 is 22.3. The quantitative estimate of drug-likeness (QED) is 0.0366. The minimum Gasteiger partial charge on any atom is -0.271 e. The maximum atomic E-state index is 15.3. The van der Waals surface area contributed by atoms with Gasteiger partial charge in [-0.05, 0) is 74.2 Å². The van der Waals surface area contributed by atoms with E-state index in [-0.39, 0.29) is 55.9 Å². The molecule has 2 heterocycles. The Morgan fingerprint density at radius 3 is 0.750 bits per heavy atom. The Balaban J connectivity index is 0.000000456. The lowest BCUT2D eigenvalue weighted by molar-refractivity contribution is 0.384. The minimum absolute atomic E-state index is 0.0381. The van der Waals surface area contributed by atoms with Crippen LogP contribution in [0.5, 0.6) is 0 Å². The molecule has 0 radical (unpaired) electrons. The highest BCUT2D eigenvalue weighted by molar-refractivity contribution is 6.51. The van der Waals surface area contributed by atoms with Gasteiger partial charge in [-0.2, -0.15) is 21.0 Å². The Labute approximate surface area is 508 Å². The molecule has 0 fully saturated rings. The molecule has 14 heteroatoms. The zero-order chi connectivity index (χ0) is 59.9. The summed E-state index contributed by atoms with van der Waals surface area (Å²) in [6.45, 7) is 8.57. The predicted octanol–water partition coefficient (Wildman–Crippen LogP) is 19.6. The van der Waals surface area contributed by atoms with Crippen molar-refractivity contribution in [3.63, 3.8) is 0 Å². The summed E-state index contributed by atoms with van der Waals surface area (Å²) in [5.41, 5.74) is -1.69. The second-order valence-corrected chi connectivity index (χ2v) is 24.0. The molecular formula is C70H66Cl4N6O4. The third kappa shape index (κ3) is 11.2. The highest BCUT2D eigenvalue weighted by atomic mass is 35.5. The lowest BCUT2D eigenvalue weighted by atomic mass is 9.76. The number of rotatable bonds is 22. The van der Waals surface area contributed by atoms with Gasteiger partial charge in [0.05, 0.1) is 42.3 Å². The molecule has 0 saturated carbocycles. The number of unbranched alkanes of at least 4 members (excludes halogenated alkanes) is 12. The van der Waals surface area contributed by atoms with E-state index in [0.29, 0.717) is 110 Å². The van der Waals surface area contributed by atoms with Gasteiger partial charge >= 0.3 is 0 Å². The van der Waals surface area contributed by atoms with E-state index >= 15 is 19.2 Å². The molecule has 0 unspecified atom stereocenters. The fourth-order valence-electron chi connectivity index (χ4n) is 13.1. The fourth-order valence-corrected chi connectivity index (χ4v) is 13.6. The standard InChI is InChI=1S/C58H58N6O4.2C6H4Cl2/c1-5-9-13-17-21-33(22-18-14-10-6-2)63-55(65)39-25-35-43(29-59)45(31-61)37-27-41-48-42(58(68)64(57(41)67)34(23-19-15-11-7-3)24-20-16-12-8-4)28-38-46(32-62)44(30-60)36-26-40(56(63)66)47(39)53-49(35)51(37)54(48)52(38)50(36)53;2*7-5-3-1-2-4-6(5)8/h25-28,33-34H,5-24H2,1-4H3;2*1-4H. The number of hydrogen-bond donors (Lipinski definition) is 0. The zero-order valence-electron chi connectivity index (χ0n) is 48.1. The second-order valence-electron chi connectivity index (χ2n) is 22.3. The monoisotopic (exact) mass is 1190 g/mol. The van der Waals surface area contributed by atoms with Crippen LogP contribution in [0.1, 0.15) is 190 Å². The van der Waals surface area contributed by atoms with Gasteiger partial charge in [0.1, 0.15) is 24.3 Å². The van der Waals surface area contributed by atoms with Crippen LogP contribution in [0.4, 0.5) is 0 Å². The van der Waals surface area contributed by atoms with Crippen molar-refractivity contribution >= 4 is 133 Å². The third-order valence-corrected chi connectivity index (χ3v) is 18.6. The Hall–Kier alpha value is -7.28. The molecule has 2 aromatic heterocycles. The van der Waals surface area contributed by atoms with Crippen LogP contribution >= 0.6 is 46.4 Å². The van der Waals surface area contributed by atoms with Gasteiger partial charge in [-0.1, -0.05) is 201 Å². The van der Waals surface area contributed by atoms with Crippen molar-refractivity contribution in [1.82, 2.24) is 9.13 Å². The Bertz CT molecular complexity index is 4050. The molecule has 84 heavy (non-hydrogen) atoms. The van der Waals surface area contributed by atoms with Crippen molar-refractivity contribution in [2.24, 2.45) is 0 Å². The summed E-state index contributed by atoms with van der Waals surface area (Å²) in [7, 11) is 0. The molecule has 0 N–H and O–H groups in total. The molecule has 10 nitrogen and oxygen atoms in total. The van der Waals surface area contributed by atoms with Crippen LogP contribution in [-0.2, 0) is 0 Å². The van der Waals surface area contributed by atoms with Gasteiger partial charge in [0.15, 0.2) is 0 Å². The number of halogens is 4. The Morgan fingerprint density at radius 1 is 0.333 bits per heavy atom. The first-order valence-corrected chi connectivity index (χ1v) is 31.3. The van der Waals surface area contributed by atoms with Crippen LogP contribution < -0.4 is 22.2 Å². The first-order valence-electron chi connectivity index (χ1n) is 29.8. The van der Waals surface area contributed by atoms with Crippen LogP contribution in [-0.4, -0.2) is 9.13 Å². The van der Waals surface area contributed by atoms with Crippen molar-refractivity contribution in [1.29, 1.82) is 21.0 Å². The van der Waals surface area contributed by atoms with E-state index in [2.05, 4.69) is 52.0 Å². The maximum absolute atomic E-state index is 15.3. The van der Waals surface area contributed by atoms with Gasteiger partial charge in [-0.25, -0.2) is 0 Å². The van der Waals surface area contributed by atoms with E-state index < -0.39 is 22.2 Å². The van der Waals surface area contributed by atoms with Gasteiger partial charge < -0.3 is 0 Å². The largest absolute Gasteiger partial charge is 0.271 e. The smallest absolute Gasteiger partial charge is 0.261 e. The van der Waals surface area contributed by atoms with Crippen molar-refractivity contribution in [3.05, 3.63) is 157 Å². The molecule has 11 rings (SSSR count). The average molecular weight is 1200 g/mol. The lowest BCUT2D eigenvalue weighted by Crippen LogP contribution is -2.37. The minimum atomic E-state index is -0.459. The molecule has 0 atom stereocenters. The first-order chi connectivity index (χ1) is 40.8. The van der Waals surface area contributed by atoms with Crippen molar-refractivity contribution in [2.45, 2.75) is 168 Å². The molecular weight excluding hydrogens is 1130 g/mol. The molecule has 9 aromatic carbocycles. The van der Waals surface area contributed by atoms with Gasteiger partial charge in [-0.3, -0.25) is 28.3 Å². The highest BCUT2D eigenvalue weighted by Gasteiger charge is 2.34. The molecule has 428 valence electrons. The van der Waals surface area contributed by atoms with Gasteiger partial charge in [0.2, 0.25) is 0 Å². The summed E-state index contributed by atoms with van der Waals surface area (Å²) in [6, 6.07) is 29.6. The number of aromatic nitrogens is 2. The summed E-state index contributed by atoms with van der Waals surface area (Å²) in [4.78, 5) is 61.0. The third-order valence-electron chi connectivity index (χ3n) is 17.1. The number of benzene rings is 9. The van der Waals surface area contributed by atoms with Crippen LogP contribution in [0.2, 0.25) is 20.1 Å². The maximum Gasteiger partial charge on any atom is 0.261 e. The van der Waals surface area contributed by atoms with E-state index in [9.17, 15) is 21.0 Å². The van der Waals surface area contributed by atoms with Crippen molar-refractivity contribution in [2.75, 3.05) is 0 Å². The number of nitrogens with zero attached hydrogens (tertiary/aromatic N) is 6. The molecule has 0 bridgehead atoms. The van der Waals surface area contributed by atoms with Gasteiger partial charge in [0.25, 0.3) is 22.2 Å². The Morgan fingerprint density at radius 2 is 0.560 bits per heavy atom. The first kappa shape index (κ1) is 61.3. The van der Waals surface area contributed by atoms with Crippen LogP contribution in [0.3, 0.4) is 0 Å². The highest BCUT2D eigenvalue weighted by Crippen LogP contribution is 2.54. The zero-order valence-corrected chi connectivity index (χ0v) is 51.1. The summed E-state index contributed by atoms with van der Waals surface area (Å²) in [6.07, 6.45) is 18.2. The van der Waals surface area contributed by atoms with Crippen LogP contribution in [0.25, 0.3) is 86.2 Å². The molecule has 0 aliphatic heterocycles. The SMILES string of the molecule is CCCCCCC(CCCCCC)n1c(=O)c2cc3c(C#N)c(C#N)c4cc5c(=O)n(C(CCCCCC)CCCCCC)c(=O)c6cc7c(C#N)c(C#N)c8cc(c1=O)c2c1c3c4c(c56)c7c81.Clc1ccccc1Cl.Clc1ccccc1Cl. The molecule has 0 amide bonds. The number of hydrogen-bond acceptors (Lipinski definition) is 8. The predicted molar refractivity (Wildman–Crippen MR) is 348 cm³/mol. The van der Waals surface area contributed by atoms with Crippen molar-refractivity contribution in [3.8, 4) is 24.3 Å². The summed E-state index contributed by atoms with van der Waals surface area (Å²) < 4.78 is 2.82. The average Bonchev–Trinajstić information content (AvgIpc) is 0.691. The van der Waals surface area contributed by atoms with Gasteiger partial charge in [0, 0.05) is 98.3 Å². The van der Waals surface area contributed by atoms with Crippen molar-refractivity contribution < 1.29 is 0 Å². The molecule has 0 aliphatic carbocycles. The molecule has 0 spiro atoms. The van der Waals surface area contributed by atoms with E-state index in [4.69, 9.17) is 46.4 Å². The van der Waals surface area contributed by atoms with Gasteiger partial charge in [-0.15, -0.1) is 0 Å². The summed E-state index contributed by atoms with van der Waals surface area (Å²) in [5, 5.41) is 53.0. The van der Waals surface area contributed by atoms with E-state index in [1.165, 1.54) is 9.13 Å². The fraction of sp³-hybridized carbons (Fsp3) is 0.371. The van der Waals surface area contributed by atoms with E-state index in [1.807, 2.05) is 24.3 Å². The van der Waals surface area contributed by atoms with E-state index in [0.717, 1.165) is 103 Å². The molecule has 0 aliphatic rings. The van der Waals surface area contributed by atoms with Crippen LogP contribution in [0, 0.1) is 45.3 Å². The summed E-state index contributed by atoms with van der Waals surface area (Å²) in [5.74, 6) is 0. The Kier molecular flexibility index (Phi) is 19.8. The lowest BCUT2D eigenvalue weighted by Gasteiger charge is -2.27. The topological polar surface area (TPSA) is 173 Å². The van der Waals surface area contributed by atoms with E-state index in [1.54, 1.807) is 48.5 Å². The number of nitriles is 4. The molecule has 0 saturated heterocycles. The van der Waals surface area contributed by atoms with Crippen LogP contribution in [0.15, 0.2) is 92.0 Å². The molecule has 11 aromatic rings. The normalized spacial score (nSPS) is 11.7. The second kappa shape index (κ2) is 27.2. The number of pyridine rings is 2.